The molecule has 0 bridgehead atoms. The van der Waals surface area contributed by atoms with Gasteiger partial charge in [0.05, 0.1) is 30.5 Å². The number of hydrogen-bond donors (Lipinski definition) is 0. The normalized spacial score (nSPS) is 10.7. The van der Waals surface area contributed by atoms with E-state index >= 15 is 0 Å². The van der Waals surface area contributed by atoms with Gasteiger partial charge in [0, 0.05) is 11.1 Å². The summed E-state index contributed by atoms with van der Waals surface area (Å²) in [5, 5.41) is 10.3. The van der Waals surface area contributed by atoms with Crippen LogP contribution >= 0.6 is 23.1 Å². The molecule has 0 amide bonds. The molecule has 0 N–H and O–H groups in total. The van der Waals surface area contributed by atoms with E-state index in [1.165, 1.54) is 11.8 Å². The second-order valence-electron chi connectivity index (χ2n) is 6.87. The molecule has 0 aliphatic carbocycles. The summed E-state index contributed by atoms with van der Waals surface area (Å²) in [4.78, 5) is 18.1. The van der Waals surface area contributed by atoms with Gasteiger partial charge in [-0.2, -0.15) is 0 Å². The van der Waals surface area contributed by atoms with Crippen LogP contribution in [0.3, 0.4) is 0 Å². The fourth-order valence-electron chi connectivity index (χ4n) is 3.05. The van der Waals surface area contributed by atoms with Crippen LogP contribution in [0, 0.1) is 6.92 Å². The summed E-state index contributed by atoms with van der Waals surface area (Å²) in [7, 11) is 3.23. The zero-order valence-electron chi connectivity index (χ0n) is 17.9. The minimum absolute atomic E-state index is 0.0148. The Morgan fingerprint density at radius 1 is 0.969 bits per heavy atom. The first-order valence-corrected chi connectivity index (χ1v) is 11.6. The molecule has 0 saturated heterocycles. The molecule has 0 saturated carbocycles. The van der Waals surface area contributed by atoms with Crippen molar-refractivity contribution in [3.8, 4) is 32.6 Å². The summed E-state index contributed by atoms with van der Waals surface area (Å²) < 4.78 is 10.5. The van der Waals surface area contributed by atoms with E-state index in [-0.39, 0.29) is 11.5 Å². The lowest BCUT2D eigenvalue weighted by Crippen LogP contribution is -2.03. The summed E-state index contributed by atoms with van der Waals surface area (Å²) in [5.41, 5.74) is 3.28. The topological polar surface area (TPSA) is 74.2 Å². The van der Waals surface area contributed by atoms with Crippen molar-refractivity contribution < 1.29 is 14.3 Å². The minimum atomic E-state index is 0.0148. The number of aryl methyl sites for hydroxylation is 1. The predicted octanol–water partition coefficient (Wildman–Crippen LogP) is 5.57. The van der Waals surface area contributed by atoms with E-state index in [0.717, 1.165) is 32.6 Å². The van der Waals surface area contributed by atoms with Gasteiger partial charge < -0.3 is 9.47 Å². The third-order valence-electron chi connectivity index (χ3n) is 4.73. The van der Waals surface area contributed by atoms with Gasteiger partial charge >= 0.3 is 0 Å². The lowest BCUT2D eigenvalue weighted by atomic mass is 10.1. The number of benzene rings is 2. The number of carbonyl (C=O) groups excluding carboxylic acids is 1. The van der Waals surface area contributed by atoms with Crippen LogP contribution in [-0.2, 0) is 0 Å². The van der Waals surface area contributed by atoms with Crippen LogP contribution < -0.4 is 9.47 Å². The highest BCUT2D eigenvalue weighted by molar-refractivity contribution is 7.99. The van der Waals surface area contributed by atoms with Gasteiger partial charge in [-0.05, 0) is 43.3 Å². The Kier molecular flexibility index (Phi) is 6.82. The molecular formula is C24H21N3O3S2. The van der Waals surface area contributed by atoms with Crippen LogP contribution in [0.15, 0.2) is 65.7 Å². The number of aromatic nitrogens is 3. The highest BCUT2D eigenvalue weighted by Crippen LogP contribution is 2.35. The number of carbonyl (C=O) groups is 1. The number of rotatable bonds is 8. The number of ketones is 1. The highest BCUT2D eigenvalue weighted by Gasteiger charge is 2.14. The van der Waals surface area contributed by atoms with Gasteiger partial charge in [0.1, 0.15) is 27.2 Å². The molecule has 0 aliphatic heterocycles. The van der Waals surface area contributed by atoms with Crippen molar-refractivity contribution in [3.05, 3.63) is 71.9 Å². The Morgan fingerprint density at radius 3 is 2.44 bits per heavy atom. The quantitative estimate of drug-likeness (QED) is 0.250. The first-order chi connectivity index (χ1) is 15.6. The number of thioether (sulfide) groups is 1. The fourth-order valence-corrected chi connectivity index (χ4v) is 4.79. The van der Waals surface area contributed by atoms with Crippen LogP contribution in [0.4, 0.5) is 0 Å². The second kappa shape index (κ2) is 9.93. The molecular weight excluding hydrogens is 442 g/mol. The van der Waals surface area contributed by atoms with Crippen molar-refractivity contribution in [3.63, 3.8) is 0 Å². The number of Topliss-reactive ketones (excluding diaryl/α,β-unsaturated/α-hetero) is 1. The minimum Gasteiger partial charge on any atom is -0.497 e. The van der Waals surface area contributed by atoms with Gasteiger partial charge in [0.15, 0.2) is 5.78 Å². The van der Waals surface area contributed by atoms with E-state index in [2.05, 4.69) is 10.2 Å². The molecule has 4 rings (SSSR count). The molecule has 0 unspecified atom stereocenters. The molecule has 2 aromatic carbocycles. The van der Waals surface area contributed by atoms with E-state index < -0.39 is 0 Å². The Bertz CT molecular complexity index is 1240. The average molecular weight is 464 g/mol. The zero-order valence-corrected chi connectivity index (χ0v) is 19.5. The summed E-state index contributed by atoms with van der Waals surface area (Å²) in [6.07, 6.45) is 0. The number of methoxy groups -OCH3 is 2. The van der Waals surface area contributed by atoms with E-state index in [0.29, 0.717) is 16.3 Å². The Balaban J connectivity index is 1.45. The standard InChI is InChI=1S/C24H21N3O3S2/c1-15-23(32-24(25-15)17-7-5-9-19(13-17)30-3)20-10-11-22(27-26-20)31-14-21(28)16-6-4-8-18(12-16)29-2/h4-13H,14H2,1-3H3. The number of ether oxygens (including phenoxy) is 2. The molecule has 0 radical (unpaired) electrons. The molecule has 8 heteroatoms. The molecule has 162 valence electrons. The molecule has 4 aromatic rings. The first-order valence-electron chi connectivity index (χ1n) is 9.83. The summed E-state index contributed by atoms with van der Waals surface area (Å²) in [6, 6.07) is 18.8. The molecule has 0 atom stereocenters. The zero-order chi connectivity index (χ0) is 22.5. The van der Waals surface area contributed by atoms with Crippen LogP contribution in [-0.4, -0.2) is 40.9 Å². The molecule has 0 aliphatic rings. The Morgan fingerprint density at radius 2 is 1.72 bits per heavy atom. The SMILES string of the molecule is COc1cccc(C(=O)CSc2ccc(-c3sc(-c4cccc(OC)c4)nc3C)nn2)c1. The number of hydrogen-bond acceptors (Lipinski definition) is 8. The lowest BCUT2D eigenvalue weighted by molar-refractivity contribution is 0.102. The molecule has 6 nitrogen and oxygen atoms in total. The lowest BCUT2D eigenvalue weighted by Gasteiger charge is -2.04. The molecule has 2 aromatic heterocycles. The third-order valence-corrected chi connectivity index (χ3v) is 6.88. The maximum Gasteiger partial charge on any atom is 0.173 e. The molecule has 0 fully saturated rings. The largest absolute Gasteiger partial charge is 0.497 e. The molecule has 2 heterocycles. The predicted molar refractivity (Wildman–Crippen MR) is 128 cm³/mol. The van der Waals surface area contributed by atoms with Crippen molar-refractivity contribution in [2.45, 2.75) is 11.9 Å². The fraction of sp³-hybridized carbons (Fsp3) is 0.167. The van der Waals surface area contributed by atoms with Crippen LogP contribution in [0.5, 0.6) is 11.5 Å². The van der Waals surface area contributed by atoms with Crippen LogP contribution in [0.1, 0.15) is 16.1 Å². The smallest absolute Gasteiger partial charge is 0.173 e. The van der Waals surface area contributed by atoms with Crippen molar-refractivity contribution >= 4 is 28.9 Å². The maximum atomic E-state index is 12.5. The van der Waals surface area contributed by atoms with Gasteiger partial charge in [-0.25, -0.2) is 4.98 Å². The number of thiazole rings is 1. The second-order valence-corrected chi connectivity index (χ2v) is 8.86. The van der Waals surface area contributed by atoms with Gasteiger partial charge in [-0.3, -0.25) is 4.79 Å². The van der Waals surface area contributed by atoms with Crippen molar-refractivity contribution in [1.82, 2.24) is 15.2 Å². The van der Waals surface area contributed by atoms with E-state index in [1.54, 1.807) is 37.7 Å². The average Bonchev–Trinajstić information content (AvgIpc) is 3.24. The van der Waals surface area contributed by atoms with Crippen LogP contribution in [0.25, 0.3) is 21.1 Å². The third kappa shape index (κ3) is 4.98. The number of nitrogens with zero attached hydrogens (tertiary/aromatic N) is 3. The van der Waals surface area contributed by atoms with Crippen molar-refractivity contribution in [1.29, 1.82) is 0 Å². The summed E-state index contributed by atoms with van der Waals surface area (Å²) in [5.74, 6) is 1.75. The van der Waals surface area contributed by atoms with E-state index in [1.807, 2.05) is 55.5 Å². The van der Waals surface area contributed by atoms with Gasteiger partial charge in [0.2, 0.25) is 0 Å². The molecule has 0 spiro atoms. The van der Waals surface area contributed by atoms with Gasteiger partial charge in [0.25, 0.3) is 0 Å². The molecule has 32 heavy (non-hydrogen) atoms. The monoisotopic (exact) mass is 463 g/mol. The first kappa shape index (κ1) is 22.0. The van der Waals surface area contributed by atoms with Gasteiger partial charge in [-0.15, -0.1) is 21.5 Å². The summed E-state index contributed by atoms with van der Waals surface area (Å²) in [6.45, 7) is 1.96. The Labute approximate surface area is 194 Å². The summed E-state index contributed by atoms with van der Waals surface area (Å²) >= 11 is 2.93. The van der Waals surface area contributed by atoms with Gasteiger partial charge in [-0.1, -0.05) is 36.0 Å². The van der Waals surface area contributed by atoms with E-state index in [4.69, 9.17) is 14.5 Å². The highest BCUT2D eigenvalue weighted by atomic mass is 32.2. The van der Waals surface area contributed by atoms with Crippen molar-refractivity contribution in [2.24, 2.45) is 0 Å². The maximum absolute atomic E-state index is 12.5. The Hall–Kier alpha value is -3.23. The van der Waals surface area contributed by atoms with Crippen molar-refractivity contribution in [2.75, 3.05) is 20.0 Å². The van der Waals surface area contributed by atoms with Crippen LogP contribution in [0.2, 0.25) is 0 Å². The van der Waals surface area contributed by atoms with E-state index in [9.17, 15) is 4.79 Å².